The van der Waals surface area contributed by atoms with Crippen LogP contribution in [0.2, 0.25) is 5.02 Å². The molecule has 2 aromatic rings. The smallest absolute Gasteiger partial charge is 0.271 e. The number of benzene rings is 1. The van der Waals surface area contributed by atoms with Gasteiger partial charge in [0, 0.05) is 36.4 Å². The minimum absolute atomic E-state index is 0.201. The molecule has 0 atom stereocenters. The molecule has 21 heavy (non-hydrogen) atoms. The third-order valence-electron chi connectivity index (χ3n) is 3.53. The van der Waals surface area contributed by atoms with Crippen LogP contribution >= 0.6 is 11.6 Å². The topological polar surface area (TPSA) is 59.0 Å². The van der Waals surface area contributed by atoms with Crippen LogP contribution in [0.25, 0.3) is 5.69 Å². The van der Waals surface area contributed by atoms with E-state index >= 15 is 0 Å². The summed E-state index contributed by atoms with van der Waals surface area (Å²) in [5.41, 5.74) is 2.28. The molecule has 1 aliphatic rings. The second-order valence-corrected chi connectivity index (χ2v) is 5.52. The Bertz CT molecular complexity index is 663. The Balaban J connectivity index is 1.91. The molecule has 2 N–H and O–H groups in total. The van der Waals surface area contributed by atoms with Gasteiger partial charge in [0.15, 0.2) is 5.69 Å². The van der Waals surface area contributed by atoms with E-state index in [0.717, 1.165) is 11.3 Å². The highest BCUT2D eigenvalue weighted by Crippen LogP contribution is 2.25. The SMILES string of the molecule is CNC(=O)c1ccn(-c2cccc(Cl)c2CNC2CC2)n1. The summed E-state index contributed by atoms with van der Waals surface area (Å²) in [5, 5.41) is 11.0. The molecule has 0 bridgehead atoms. The third kappa shape index (κ3) is 3.09. The normalized spacial score (nSPS) is 14.2. The van der Waals surface area contributed by atoms with Gasteiger partial charge in [-0.05, 0) is 31.0 Å². The van der Waals surface area contributed by atoms with E-state index in [1.807, 2.05) is 18.2 Å². The van der Waals surface area contributed by atoms with Crippen LogP contribution in [0.15, 0.2) is 30.5 Å². The van der Waals surface area contributed by atoms with E-state index in [-0.39, 0.29) is 5.91 Å². The summed E-state index contributed by atoms with van der Waals surface area (Å²) in [5.74, 6) is -0.201. The summed E-state index contributed by atoms with van der Waals surface area (Å²) in [6.45, 7) is 0.703. The van der Waals surface area contributed by atoms with E-state index < -0.39 is 0 Å². The van der Waals surface area contributed by atoms with Crippen molar-refractivity contribution in [2.75, 3.05) is 7.05 Å². The Hall–Kier alpha value is -1.85. The van der Waals surface area contributed by atoms with E-state index in [1.165, 1.54) is 12.8 Å². The molecule has 1 aliphatic carbocycles. The zero-order valence-electron chi connectivity index (χ0n) is 11.8. The van der Waals surface area contributed by atoms with E-state index in [2.05, 4.69) is 15.7 Å². The van der Waals surface area contributed by atoms with Gasteiger partial charge < -0.3 is 10.6 Å². The molecular weight excluding hydrogens is 288 g/mol. The first-order chi connectivity index (χ1) is 10.2. The summed E-state index contributed by atoms with van der Waals surface area (Å²) in [6, 6.07) is 8.01. The fourth-order valence-corrected chi connectivity index (χ4v) is 2.41. The van der Waals surface area contributed by atoms with Gasteiger partial charge >= 0.3 is 0 Å². The van der Waals surface area contributed by atoms with Crippen LogP contribution in [0, 0.1) is 0 Å². The van der Waals surface area contributed by atoms with Gasteiger partial charge in [0.25, 0.3) is 5.91 Å². The van der Waals surface area contributed by atoms with Gasteiger partial charge in [0.05, 0.1) is 5.69 Å². The zero-order chi connectivity index (χ0) is 14.8. The monoisotopic (exact) mass is 304 g/mol. The van der Waals surface area contributed by atoms with Crippen molar-refractivity contribution >= 4 is 17.5 Å². The molecular formula is C15H17ClN4O. The lowest BCUT2D eigenvalue weighted by atomic mass is 10.1. The second kappa shape index (κ2) is 5.87. The van der Waals surface area contributed by atoms with Crippen LogP contribution in [0.1, 0.15) is 28.9 Å². The van der Waals surface area contributed by atoms with E-state index in [0.29, 0.717) is 23.3 Å². The second-order valence-electron chi connectivity index (χ2n) is 5.12. The number of nitrogens with zero attached hydrogens (tertiary/aromatic N) is 2. The molecule has 1 aromatic heterocycles. The lowest BCUT2D eigenvalue weighted by molar-refractivity contribution is 0.0957. The molecule has 0 radical (unpaired) electrons. The standard InChI is InChI=1S/C15H17ClN4O/c1-17-15(21)13-7-8-20(19-13)14-4-2-3-12(16)11(14)9-18-10-5-6-10/h2-4,7-8,10,18H,5-6,9H2,1H3,(H,17,21). The Morgan fingerprint density at radius 1 is 1.43 bits per heavy atom. The zero-order valence-corrected chi connectivity index (χ0v) is 12.5. The summed E-state index contributed by atoms with van der Waals surface area (Å²) in [6.07, 6.45) is 4.22. The number of aromatic nitrogens is 2. The number of carbonyl (C=O) groups excluding carboxylic acids is 1. The maximum Gasteiger partial charge on any atom is 0.271 e. The molecule has 0 aliphatic heterocycles. The number of hydrogen-bond acceptors (Lipinski definition) is 3. The highest BCUT2D eigenvalue weighted by Gasteiger charge is 2.21. The molecule has 0 spiro atoms. The van der Waals surface area contributed by atoms with Crippen LogP contribution in [0.3, 0.4) is 0 Å². The van der Waals surface area contributed by atoms with Gasteiger partial charge in [-0.1, -0.05) is 17.7 Å². The fourth-order valence-electron chi connectivity index (χ4n) is 2.18. The van der Waals surface area contributed by atoms with Crippen molar-refractivity contribution in [1.29, 1.82) is 0 Å². The van der Waals surface area contributed by atoms with Crippen molar-refractivity contribution in [3.63, 3.8) is 0 Å². The van der Waals surface area contributed by atoms with Gasteiger partial charge in [0.1, 0.15) is 0 Å². The van der Waals surface area contributed by atoms with Crippen LogP contribution in [-0.4, -0.2) is 28.8 Å². The Labute approximate surface area is 128 Å². The summed E-state index contributed by atoms with van der Waals surface area (Å²) >= 11 is 6.32. The summed E-state index contributed by atoms with van der Waals surface area (Å²) in [4.78, 5) is 11.6. The van der Waals surface area contributed by atoms with Crippen LogP contribution < -0.4 is 10.6 Å². The molecule has 3 rings (SSSR count). The maximum absolute atomic E-state index is 11.6. The number of carbonyl (C=O) groups is 1. The molecule has 1 fully saturated rings. The maximum atomic E-state index is 11.6. The number of amides is 1. The molecule has 1 amide bonds. The average Bonchev–Trinajstić information content (AvgIpc) is 3.19. The minimum atomic E-state index is -0.201. The molecule has 1 aromatic carbocycles. The first-order valence-corrected chi connectivity index (χ1v) is 7.35. The van der Waals surface area contributed by atoms with Gasteiger partial charge in [0.2, 0.25) is 0 Å². The molecule has 5 nitrogen and oxygen atoms in total. The number of rotatable bonds is 5. The quantitative estimate of drug-likeness (QED) is 0.890. The average molecular weight is 305 g/mol. The molecule has 110 valence electrons. The van der Waals surface area contributed by atoms with Crippen molar-refractivity contribution in [2.45, 2.75) is 25.4 Å². The van der Waals surface area contributed by atoms with Crippen molar-refractivity contribution < 1.29 is 4.79 Å². The van der Waals surface area contributed by atoms with E-state index in [1.54, 1.807) is 24.0 Å². The van der Waals surface area contributed by atoms with Crippen LogP contribution in [0.4, 0.5) is 0 Å². The Kier molecular flexibility index (Phi) is 3.94. The summed E-state index contributed by atoms with van der Waals surface area (Å²) < 4.78 is 1.69. The largest absolute Gasteiger partial charge is 0.354 e. The van der Waals surface area contributed by atoms with Gasteiger partial charge in [-0.3, -0.25) is 4.79 Å². The highest BCUT2D eigenvalue weighted by molar-refractivity contribution is 6.31. The van der Waals surface area contributed by atoms with Gasteiger partial charge in [-0.15, -0.1) is 0 Å². The van der Waals surface area contributed by atoms with Crippen LogP contribution in [0.5, 0.6) is 0 Å². The summed E-state index contributed by atoms with van der Waals surface area (Å²) in [7, 11) is 1.59. The Morgan fingerprint density at radius 2 is 2.24 bits per heavy atom. The third-order valence-corrected chi connectivity index (χ3v) is 3.89. The predicted molar refractivity (Wildman–Crippen MR) is 81.8 cm³/mol. The predicted octanol–water partition coefficient (Wildman–Crippen LogP) is 2.14. The van der Waals surface area contributed by atoms with Gasteiger partial charge in [-0.25, -0.2) is 4.68 Å². The molecule has 0 saturated heterocycles. The van der Waals surface area contributed by atoms with Crippen molar-refractivity contribution in [3.8, 4) is 5.69 Å². The van der Waals surface area contributed by atoms with Crippen molar-refractivity contribution in [3.05, 3.63) is 46.7 Å². The molecule has 1 heterocycles. The number of nitrogens with one attached hydrogen (secondary N) is 2. The Morgan fingerprint density at radius 3 is 2.95 bits per heavy atom. The van der Waals surface area contributed by atoms with Crippen molar-refractivity contribution in [2.24, 2.45) is 0 Å². The minimum Gasteiger partial charge on any atom is -0.354 e. The fraction of sp³-hybridized carbons (Fsp3) is 0.333. The molecule has 1 saturated carbocycles. The molecule has 6 heteroatoms. The number of hydrogen-bond donors (Lipinski definition) is 2. The van der Waals surface area contributed by atoms with E-state index in [9.17, 15) is 4.79 Å². The first-order valence-electron chi connectivity index (χ1n) is 6.98. The number of halogens is 1. The van der Waals surface area contributed by atoms with Crippen LogP contribution in [-0.2, 0) is 6.54 Å². The highest BCUT2D eigenvalue weighted by atomic mass is 35.5. The van der Waals surface area contributed by atoms with E-state index in [4.69, 9.17) is 11.6 Å². The molecule has 0 unspecified atom stereocenters. The first kappa shape index (κ1) is 14.1. The lowest BCUT2D eigenvalue weighted by Gasteiger charge is -2.12. The van der Waals surface area contributed by atoms with Gasteiger partial charge in [-0.2, -0.15) is 5.10 Å². The van der Waals surface area contributed by atoms with Crippen molar-refractivity contribution in [1.82, 2.24) is 20.4 Å². The lowest BCUT2D eigenvalue weighted by Crippen LogP contribution is -2.19.